The van der Waals surface area contributed by atoms with Gasteiger partial charge in [-0.2, -0.15) is 0 Å². The van der Waals surface area contributed by atoms with Crippen LogP contribution in [-0.4, -0.2) is 46.2 Å². The van der Waals surface area contributed by atoms with Gasteiger partial charge in [-0.3, -0.25) is 23.5 Å². The highest BCUT2D eigenvalue weighted by atomic mass is 35.5. The summed E-state index contributed by atoms with van der Waals surface area (Å²) in [5, 5.41) is 0.425. The number of carbonyl (C=O) groups is 1. The first kappa shape index (κ1) is 19.4. The molecule has 0 aliphatic carbocycles. The third-order valence-electron chi connectivity index (χ3n) is 5.03. The predicted molar refractivity (Wildman–Crippen MR) is 110 cm³/mol. The SMILES string of the molecule is O=C(Cn1c(=O)c(=O)n(Cc2ccccc2)c2ccc(Cl)cc21)N1CCOCC1. The Morgan fingerprint density at radius 2 is 1.62 bits per heavy atom. The van der Waals surface area contributed by atoms with Gasteiger partial charge in [0.25, 0.3) is 0 Å². The molecule has 0 radical (unpaired) electrons. The fourth-order valence-electron chi connectivity index (χ4n) is 3.52. The smallest absolute Gasteiger partial charge is 0.317 e. The topological polar surface area (TPSA) is 73.5 Å². The molecule has 8 heteroatoms. The Bertz CT molecular complexity index is 1160. The lowest BCUT2D eigenvalue weighted by Gasteiger charge is -2.27. The van der Waals surface area contributed by atoms with Gasteiger partial charge in [-0.25, -0.2) is 0 Å². The zero-order valence-corrected chi connectivity index (χ0v) is 16.5. The van der Waals surface area contributed by atoms with Crippen LogP contribution in [0.2, 0.25) is 5.02 Å². The van der Waals surface area contributed by atoms with Crippen molar-refractivity contribution in [2.45, 2.75) is 13.1 Å². The first-order valence-electron chi connectivity index (χ1n) is 9.37. The van der Waals surface area contributed by atoms with Crippen LogP contribution < -0.4 is 11.1 Å². The summed E-state index contributed by atoms with van der Waals surface area (Å²) in [6.07, 6.45) is 0. The van der Waals surface area contributed by atoms with E-state index in [0.717, 1.165) is 5.56 Å². The molecule has 1 amide bonds. The first-order valence-corrected chi connectivity index (χ1v) is 9.75. The van der Waals surface area contributed by atoms with Crippen LogP contribution in [0.15, 0.2) is 58.1 Å². The van der Waals surface area contributed by atoms with Crippen LogP contribution in [0, 0.1) is 0 Å². The van der Waals surface area contributed by atoms with Crippen LogP contribution in [0.1, 0.15) is 5.56 Å². The minimum atomic E-state index is -0.739. The maximum atomic E-state index is 12.9. The number of nitrogens with zero attached hydrogens (tertiary/aromatic N) is 3. The Morgan fingerprint density at radius 3 is 2.34 bits per heavy atom. The van der Waals surface area contributed by atoms with Crippen LogP contribution >= 0.6 is 11.6 Å². The Labute approximate surface area is 171 Å². The highest BCUT2D eigenvalue weighted by molar-refractivity contribution is 6.31. The van der Waals surface area contributed by atoms with E-state index in [1.165, 1.54) is 9.13 Å². The van der Waals surface area contributed by atoms with Crippen LogP contribution in [-0.2, 0) is 22.6 Å². The second-order valence-electron chi connectivity index (χ2n) is 6.89. The van der Waals surface area contributed by atoms with Gasteiger partial charge >= 0.3 is 11.1 Å². The van der Waals surface area contributed by atoms with E-state index in [0.29, 0.717) is 42.4 Å². The molecule has 150 valence electrons. The summed E-state index contributed by atoms with van der Waals surface area (Å²) in [4.78, 5) is 40.2. The third kappa shape index (κ3) is 3.97. The van der Waals surface area contributed by atoms with Crippen molar-refractivity contribution < 1.29 is 9.53 Å². The molecule has 0 saturated carbocycles. The molecule has 29 heavy (non-hydrogen) atoms. The van der Waals surface area contributed by atoms with E-state index in [1.807, 2.05) is 30.3 Å². The molecular weight excluding hydrogens is 394 g/mol. The molecule has 4 rings (SSSR count). The monoisotopic (exact) mass is 413 g/mol. The predicted octanol–water partition coefficient (Wildman–Crippen LogP) is 1.72. The summed E-state index contributed by atoms with van der Waals surface area (Å²) in [5.41, 5.74) is 0.500. The van der Waals surface area contributed by atoms with Gasteiger partial charge in [-0.1, -0.05) is 41.9 Å². The number of rotatable bonds is 4. The maximum absolute atomic E-state index is 12.9. The number of carbonyl (C=O) groups excluding carboxylic acids is 1. The lowest BCUT2D eigenvalue weighted by molar-refractivity contribution is -0.135. The van der Waals surface area contributed by atoms with Crippen molar-refractivity contribution in [3.8, 4) is 0 Å². The molecule has 0 bridgehead atoms. The van der Waals surface area contributed by atoms with E-state index in [4.69, 9.17) is 16.3 Å². The highest BCUT2D eigenvalue weighted by Gasteiger charge is 2.21. The number of morpholine rings is 1. The molecular formula is C21H20ClN3O4. The molecule has 0 atom stereocenters. The van der Waals surface area contributed by atoms with Crippen molar-refractivity contribution in [3.05, 3.63) is 79.8 Å². The molecule has 0 spiro atoms. The summed E-state index contributed by atoms with van der Waals surface area (Å²) in [5.74, 6) is -0.225. The molecule has 1 aromatic heterocycles. The number of halogens is 1. The third-order valence-corrected chi connectivity index (χ3v) is 5.27. The molecule has 7 nitrogen and oxygen atoms in total. The summed E-state index contributed by atoms with van der Waals surface area (Å²) >= 11 is 6.17. The summed E-state index contributed by atoms with van der Waals surface area (Å²) in [7, 11) is 0. The van der Waals surface area contributed by atoms with E-state index in [9.17, 15) is 14.4 Å². The van der Waals surface area contributed by atoms with Crippen molar-refractivity contribution in [2.75, 3.05) is 26.3 Å². The van der Waals surface area contributed by atoms with Crippen LogP contribution in [0.4, 0.5) is 0 Å². The maximum Gasteiger partial charge on any atom is 0.317 e. The quantitative estimate of drug-likeness (QED) is 0.610. The van der Waals surface area contributed by atoms with Crippen LogP contribution in [0.25, 0.3) is 11.0 Å². The van der Waals surface area contributed by atoms with Gasteiger partial charge < -0.3 is 9.64 Å². The fraction of sp³-hybridized carbons (Fsp3) is 0.286. The average molecular weight is 414 g/mol. The second-order valence-corrected chi connectivity index (χ2v) is 7.33. The van der Waals surface area contributed by atoms with Crippen molar-refractivity contribution in [1.29, 1.82) is 0 Å². The summed E-state index contributed by atoms with van der Waals surface area (Å²) < 4.78 is 7.92. The van der Waals surface area contributed by atoms with Crippen molar-refractivity contribution in [1.82, 2.24) is 14.0 Å². The van der Waals surface area contributed by atoms with E-state index in [-0.39, 0.29) is 19.0 Å². The molecule has 1 fully saturated rings. The van der Waals surface area contributed by atoms with Gasteiger partial charge in [-0.15, -0.1) is 0 Å². The molecule has 3 aromatic rings. The molecule has 1 aliphatic heterocycles. The fourth-order valence-corrected chi connectivity index (χ4v) is 3.69. The normalized spacial score (nSPS) is 14.3. The van der Waals surface area contributed by atoms with E-state index in [2.05, 4.69) is 0 Å². The number of hydrogen-bond donors (Lipinski definition) is 0. The molecule has 1 aliphatic rings. The Hall–Kier alpha value is -2.90. The summed E-state index contributed by atoms with van der Waals surface area (Å²) in [6.45, 7) is 1.91. The summed E-state index contributed by atoms with van der Waals surface area (Å²) in [6, 6.07) is 14.4. The number of ether oxygens (including phenoxy) is 1. The Balaban J connectivity index is 1.81. The van der Waals surface area contributed by atoms with Gasteiger partial charge in [0.15, 0.2) is 0 Å². The largest absolute Gasteiger partial charge is 0.378 e. The van der Waals surface area contributed by atoms with E-state index < -0.39 is 11.1 Å². The Kier molecular flexibility index (Phi) is 5.51. The van der Waals surface area contributed by atoms with Gasteiger partial charge in [0.2, 0.25) is 5.91 Å². The van der Waals surface area contributed by atoms with Crippen molar-refractivity contribution in [3.63, 3.8) is 0 Å². The number of fused-ring (bicyclic) bond motifs is 1. The van der Waals surface area contributed by atoms with Crippen LogP contribution in [0.5, 0.6) is 0 Å². The number of hydrogen-bond acceptors (Lipinski definition) is 4. The molecule has 0 unspecified atom stereocenters. The minimum Gasteiger partial charge on any atom is -0.378 e. The average Bonchev–Trinajstić information content (AvgIpc) is 2.75. The standard InChI is InChI=1S/C21H20ClN3O4/c22-16-6-7-17-18(12-16)25(14-19(26)23-8-10-29-11-9-23)21(28)20(27)24(17)13-15-4-2-1-3-5-15/h1-7,12H,8-11,13-14H2. The van der Waals surface area contributed by atoms with Gasteiger partial charge in [-0.05, 0) is 23.8 Å². The number of benzene rings is 2. The van der Waals surface area contributed by atoms with Crippen molar-refractivity contribution >= 4 is 28.5 Å². The lowest BCUT2D eigenvalue weighted by Crippen LogP contribution is -2.47. The van der Waals surface area contributed by atoms with Gasteiger partial charge in [0, 0.05) is 18.1 Å². The number of aromatic nitrogens is 2. The van der Waals surface area contributed by atoms with Crippen molar-refractivity contribution in [2.24, 2.45) is 0 Å². The lowest BCUT2D eigenvalue weighted by atomic mass is 10.2. The van der Waals surface area contributed by atoms with Gasteiger partial charge in [0.05, 0.1) is 30.8 Å². The van der Waals surface area contributed by atoms with E-state index in [1.54, 1.807) is 23.1 Å². The minimum absolute atomic E-state index is 0.211. The zero-order chi connectivity index (χ0) is 20.4. The molecule has 2 heterocycles. The molecule has 2 aromatic carbocycles. The second kappa shape index (κ2) is 8.23. The number of amides is 1. The highest BCUT2D eigenvalue weighted by Crippen LogP contribution is 2.18. The first-order chi connectivity index (χ1) is 14.0. The van der Waals surface area contributed by atoms with Gasteiger partial charge in [0.1, 0.15) is 6.54 Å². The Morgan fingerprint density at radius 1 is 0.931 bits per heavy atom. The molecule has 0 N–H and O–H groups in total. The van der Waals surface area contributed by atoms with Crippen LogP contribution in [0.3, 0.4) is 0 Å². The molecule has 1 saturated heterocycles. The van der Waals surface area contributed by atoms with E-state index >= 15 is 0 Å². The zero-order valence-electron chi connectivity index (χ0n) is 15.7.